The van der Waals surface area contributed by atoms with Crippen LogP contribution in [0.3, 0.4) is 0 Å². The van der Waals surface area contributed by atoms with Crippen molar-refractivity contribution in [1.29, 1.82) is 0 Å². The number of anilines is 1. The molecule has 6 heteroatoms. The molecule has 1 N–H and O–H groups in total. The van der Waals surface area contributed by atoms with Crippen molar-refractivity contribution in [2.45, 2.75) is 13.8 Å². The minimum atomic E-state index is -0.687. The molecule has 1 aromatic heterocycles. The molecule has 0 aliphatic heterocycles. The van der Waals surface area contributed by atoms with E-state index in [4.69, 9.17) is 9.15 Å². The van der Waals surface area contributed by atoms with Crippen LogP contribution in [-0.2, 0) is 4.79 Å². The van der Waals surface area contributed by atoms with Crippen molar-refractivity contribution in [3.8, 4) is 5.75 Å². The fourth-order valence-corrected chi connectivity index (χ4v) is 2.31. The first kappa shape index (κ1) is 16.4. The van der Waals surface area contributed by atoms with Gasteiger partial charge in [0.15, 0.2) is 0 Å². The molecular formula is C19H15NO5. The quantitative estimate of drug-likeness (QED) is 0.450. The molecular weight excluding hydrogens is 322 g/mol. The summed E-state index contributed by atoms with van der Waals surface area (Å²) in [5.74, 6) is -0.591. The zero-order chi connectivity index (χ0) is 18.0. The monoisotopic (exact) mass is 337 g/mol. The Bertz CT molecular complexity index is 1020. The predicted molar refractivity (Wildman–Crippen MR) is 92.9 cm³/mol. The Balaban J connectivity index is 1.90. The lowest BCUT2D eigenvalue weighted by Crippen LogP contribution is -2.17. The van der Waals surface area contributed by atoms with Crippen LogP contribution in [0.15, 0.2) is 57.7 Å². The Hall–Kier alpha value is -3.41. The van der Waals surface area contributed by atoms with Crippen molar-refractivity contribution in [3.05, 3.63) is 70.1 Å². The third kappa shape index (κ3) is 3.74. The molecule has 25 heavy (non-hydrogen) atoms. The molecule has 0 unspecified atom stereocenters. The molecule has 0 atom stereocenters. The van der Waals surface area contributed by atoms with Crippen LogP contribution < -0.4 is 15.7 Å². The van der Waals surface area contributed by atoms with Crippen LogP contribution >= 0.6 is 0 Å². The number of hydrogen-bond acceptors (Lipinski definition) is 5. The van der Waals surface area contributed by atoms with E-state index < -0.39 is 17.5 Å². The van der Waals surface area contributed by atoms with Gasteiger partial charge in [-0.25, -0.2) is 4.79 Å². The normalized spacial score (nSPS) is 10.5. The van der Waals surface area contributed by atoms with Gasteiger partial charge in [-0.15, -0.1) is 0 Å². The fraction of sp³-hybridized carbons (Fsp3) is 0.105. The van der Waals surface area contributed by atoms with Gasteiger partial charge >= 0.3 is 11.6 Å². The van der Waals surface area contributed by atoms with Gasteiger partial charge in [-0.1, -0.05) is 17.7 Å². The number of aryl methyl sites for hydroxylation is 1. The second-order valence-corrected chi connectivity index (χ2v) is 5.56. The van der Waals surface area contributed by atoms with E-state index in [2.05, 4.69) is 5.32 Å². The smallest absolute Gasteiger partial charge is 0.360 e. The van der Waals surface area contributed by atoms with Gasteiger partial charge in [0.25, 0.3) is 5.91 Å². The predicted octanol–water partition coefficient (Wildman–Crippen LogP) is 3.28. The Morgan fingerprint density at radius 2 is 1.76 bits per heavy atom. The zero-order valence-corrected chi connectivity index (χ0v) is 13.7. The number of amides is 1. The van der Waals surface area contributed by atoms with Gasteiger partial charge in [-0.05, 0) is 37.3 Å². The van der Waals surface area contributed by atoms with Gasteiger partial charge < -0.3 is 14.5 Å². The first-order valence-electron chi connectivity index (χ1n) is 7.57. The van der Waals surface area contributed by atoms with Gasteiger partial charge in [0.2, 0.25) is 0 Å². The van der Waals surface area contributed by atoms with Crippen LogP contribution in [0, 0.1) is 6.92 Å². The summed E-state index contributed by atoms with van der Waals surface area (Å²) in [6, 6.07) is 13.2. The lowest BCUT2D eigenvalue weighted by molar-refractivity contribution is -0.131. The fourth-order valence-electron chi connectivity index (χ4n) is 2.31. The van der Waals surface area contributed by atoms with Crippen LogP contribution in [-0.4, -0.2) is 11.9 Å². The van der Waals surface area contributed by atoms with Crippen molar-refractivity contribution in [2.24, 2.45) is 0 Å². The first-order chi connectivity index (χ1) is 11.9. The number of esters is 1. The number of fused-ring (bicyclic) bond motifs is 1. The molecule has 126 valence electrons. The molecule has 0 radical (unpaired) electrons. The van der Waals surface area contributed by atoms with Crippen molar-refractivity contribution in [3.63, 3.8) is 0 Å². The Morgan fingerprint density at radius 1 is 1.04 bits per heavy atom. The van der Waals surface area contributed by atoms with Crippen LogP contribution in [0.1, 0.15) is 22.8 Å². The van der Waals surface area contributed by atoms with E-state index in [0.29, 0.717) is 10.9 Å². The number of carbonyl (C=O) groups is 2. The number of carbonyl (C=O) groups excluding carboxylic acids is 2. The second-order valence-electron chi connectivity index (χ2n) is 5.56. The SMILES string of the molecule is CC(=O)Oc1ccc2cc(NC(=O)c3ccc(C)cc3)c(=O)oc2c1. The molecule has 0 aliphatic rings. The first-order valence-corrected chi connectivity index (χ1v) is 7.57. The summed E-state index contributed by atoms with van der Waals surface area (Å²) >= 11 is 0. The maximum absolute atomic E-state index is 12.2. The minimum Gasteiger partial charge on any atom is -0.427 e. The average Bonchev–Trinajstić information content (AvgIpc) is 2.55. The van der Waals surface area contributed by atoms with E-state index in [1.165, 1.54) is 19.1 Å². The van der Waals surface area contributed by atoms with Crippen LogP contribution in [0.5, 0.6) is 5.75 Å². The molecule has 3 aromatic rings. The number of ether oxygens (including phenoxy) is 1. The van der Waals surface area contributed by atoms with E-state index in [1.54, 1.807) is 24.3 Å². The van der Waals surface area contributed by atoms with Crippen LogP contribution in [0.2, 0.25) is 0 Å². The van der Waals surface area contributed by atoms with Crippen molar-refractivity contribution in [2.75, 3.05) is 5.32 Å². The molecule has 0 bridgehead atoms. The molecule has 3 rings (SSSR count). The van der Waals surface area contributed by atoms with Crippen molar-refractivity contribution in [1.82, 2.24) is 0 Å². The number of benzene rings is 2. The lowest BCUT2D eigenvalue weighted by Gasteiger charge is -2.06. The highest BCUT2D eigenvalue weighted by Crippen LogP contribution is 2.22. The lowest BCUT2D eigenvalue weighted by atomic mass is 10.1. The van der Waals surface area contributed by atoms with Crippen LogP contribution in [0.4, 0.5) is 5.69 Å². The van der Waals surface area contributed by atoms with E-state index in [-0.39, 0.29) is 17.0 Å². The highest BCUT2D eigenvalue weighted by atomic mass is 16.5. The molecule has 1 amide bonds. The van der Waals surface area contributed by atoms with Gasteiger partial charge in [-0.2, -0.15) is 0 Å². The summed E-state index contributed by atoms with van der Waals surface area (Å²) < 4.78 is 10.2. The summed E-state index contributed by atoms with van der Waals surface area (Å²) in [7, 11) is 0. The minimum absolute atomic E-state index is 0.0401. The summed E-state index contributed by atoms with van der Waals surface area (Å²) in [6.45, 7) is 3.20. The molecule has 2 aromatic carbocycles. The van der Waals surface area contributed by atoms with Gasteiger partial charge in [0.1, 0.15) is 17.0 Å². The Labute approximate surface area is 143 Å². The van der Waals surface area contributed by atoms with Crippen LogP contribution in [0.25, 0.3) is 11.0 Å². The largest absolute Gasteiger partial charge is 0.427 e. The number of nitrogens with one attached hydrogen (secondary N) is 1. The maximum atomic E-state index is 12.2. The topological polar surface area (TPSA) is 85.6 Å². The number of hydrogen-bond donors (Lipinski definition) is 1. The molecule has 6 nitrogen and oxygen atoms in total. The van der Waals surface area contributed by atoms with Gasteiger partial charge in [0.05, 0.1) is 0 Å². The van der Waals surface area contributed by atoms with E-state index in [1.807, 2.05) is 19.1 Å². The van der Waals surface area contributed by atoms with Crippen molar-refractivity contribution >= 4 is 28.5 Å². The van der Waals surface area contributed by atoms with Gasteiger partial charge in [-0.3, -0.25) is 9.59 Å². The standard InChI is InChI=1S/C19H15NO5/c1-11-3-5-13(6-4-11)18(22)20-16-9-14-7-8-15(24-12(2)21)10-17(14)25-19(16)23/h3-10H,1-2H3,(H,20,22). The van der Waals surface area contributed by atoms with E-state index >= 15 is 0 Å². The third-order valence-corrected chi connectivity index (χ3v) is 3.53. The molecule has 0 aliphatic carbocycles. The van der Waals surface area contributed by atoms with Gasteiger partial charge in [0, 0.05) is 23.9 Å². The average molecular weight is 337 g/mol. The third-order valence-electron chi connectivity index (χ3n) is 3.53. The Kier molecular flexibility index (Phi) is 4.35. The summed E-state index contributed by atoms with van der Waals surface area (Å²) in [5.41, 5.74) is 1.09. The van der Waals surface area contributed by atoms with E-state index in [0.717, 1.165) is 5.56 Å². The van der Waals surface area contributed by atoms with Crippen molar-refractivity contribution < 1.29 is 18.7 Å². The molecule has 1 heterocycles. The second kappa shape index (κ2) is 6.60. The summed E-state index contributed by atoms with van der Waals surface area (Å²) in [4.78, 5) is 35.3. The molecule has 0 fully saturated rings. The van der Waals surface area contributed by atoms with E-state index in [9.17, 15) is 14.4 Å². The number of rotatable bonds is 3. The summed E-state index contributed by atoms with van der Waals surface area (Å²) in [5, 5.41) is 3.15. The highest BCUT2D eigenvalue weighted by molar-refractivity contribution is 6.04. The molecule has 0 saturated heterocycles. The zero-order valence-electron chi connectivity index (χ0n) is 13.7. The molecule has 0 spiro atoms. The Morgan fingerprint density at radius 3 is 2.44 bits per heavy atom. The highest BCUT2D eigenvalue weighted by Gasteiger charge is 2.12. The molecule has 0 saturated carbocycles. The summed E-state index contributed by atoms with van der Waals surface area (Å²) in [6.07, 6.45) is 0. The maximum Gasteiger partial charge on any atom is 0.360 e.